The van der Waals surface area contributed by atoms with Gasteiger partial charge in [0.15, 0.2) is 0 Å². The second-order valence-electron chi connectivity index (χ2n) is 5.22. The molecule has 1 amide bonds. The lowest BCUT2D eigenvalue weighted by Gasteiger charge is -2.40. The van der Waals surface area contributed by atoms with Gasteiger partial charge in [0.25, 0.3) is 0 Å². The summed E-state index contributed by atoms with van der Waals surface area (Å²) in [6.07, 6.45) is 0.216. The lowest BCUT2D eigenvalue weighted by atomic mass is 10.0. The Hall–Kier alpha value is -0.610. The van der Waals surface area contributed by atoms with Crippen LogP contribution < -0.4 is 5.73 Å². The molecular weight excluding hydrogens is 180 g/mol. The Labute approximate surface area is 85.3 Å². The Morgan fingerprint density at radius 3 is 2.36 bits per heavy atom. The van der Waals surface area contributed by atoms with Gasteiger partial charge in [0.1, 0.15) is 5.54 Å². The van der Waals surface area contributed by atoms with E-state index in [4.69, 9.17) is 5.73 Å². The van der Waals surface area contributed by atoms with Gasteiger partial charge in [0.05, 0.1) is 13.1 Å². The molecule has 0 saturated carbocycles. The third kappa shape index (κ3) is 1.64. The number of hydrogen-bond acceptors (Lipinski definition) is 2. The average Bonchev–Trinajstić information content (AvgIpc) is 2.47. The highest BCUT2D eigenvalue weighted by atomic mass is 16.4. The molecule has 0 aromatic heterocycles. The van der Waals surface area contributed by atoms with Gasteiger partial charge in [-0.1, -0.05) is 0 Å². The first-order chi connectivity index (χ1) is 6.33. The van der Waals surface area contributed by atoms with Crippen LogP contribution in [0.2, 0.25) is 0 Å². The van der Waals surface area contributed by atoms with Crippen LogP contribution in [-0.2, 0) is 0 Å². The minimum Gasteiger partial charge on any atom is -0.435 e. The third-order valence-corrected chi connectivity index (χ3v) is 3.47. The van der Waals surface area contributed by atoms with E-state index in [2.05, 4.69) is 0 Å². The number of hydrogen-bond donors (Lipinski definition) is 2. The van der Waals surface area contributed by atoms with Crippen LogP contribution >= 0.6 is 0 Å². The Morgan fingerprint density at radius 1 is 1.57 bits per heavy atom. The maximum absolute atomic E-state index is 11.4. The highest BCUT2D eigenvalue weighted by molar-refractivity contribution is 5.57. The van der Waals surface area contributed by atoms with E-state index in [0.29, 0.717) is 25.6 Å². The molecule has 0 aromatic carbocycles. The zero-order valence-corrected chi connectivity index (χ0v) is 9.29. The highest BCUT2D eigenvalue weighted by Gasteiger charge is 2.52. The van der Waals surface area contributed by atoms with Crippen LogP contribution in [0.3, 0.4) is 0 Å². The molecule has 1 saturated heterocycles. The predicted molar refractivity (Wildman–Crippen MR) is 54.9 cm³/mol. The van der Waals surface area contributed by atoms with E-state index in [1.807, 2.05) is 20.8 Å². The molecule has 0 aliphatic carbocycles. The van der Waals surface area contributed by atoms with Crippen LogP contribution in [-0.4, -0.2) is 40.9 Å². The molecule has 0 bridgehead atoms. The van der Waals surface area contributed by atoms with Crippen molar-refractivity contribution in [3.63, 3.8) is 0 Å². The van der Waals surface area contributed by atoms with E-state index in [-0.39, 0.29) is 10.0 Å². The smallest absolute Gasteiger partial charge is 0.435 e. The summed E-state index contributed by atoms with van der Waals surface area (Å²) < 4.78 is 0.162. The maximum atomic E-state index is 11.4. The molecular formula is C10H21N2O2+. The first-order valence-electron chi connectivity index (χ1n) is 5.14. The summed E-state index contributed by atoms with van der Waals surface area (Å²) in [5, 5.41) is 9.34. The number of quaternary nitrogens is 1. The van der Waals surface area contributed by atoms with Crippen LogP contribution in [0, 0.1) is 5.92 Å². The highest BCUT2D eigenvalue weighted by Crippen LogP contribution is 2.33. The first-order valence-corrected chi connectivity index (χ1v) is 5.14. The van der Waals surface area contributed by atoms with Gasteiger partial charge in [-0.25, -0.2) is 4.48 Å². The van der Waals surface area contributed by atoms with E-state index in [9.17, 15) is 9.90 Å². The zero-order chi connectivity index (χ0) is 11.0. The van der Waals surface area contributed by atoms with Crippen molar-refractivity contribution in [2.24, 2.45) is 11.7 Å². The molecule has 1 aliphatic rings. The van der Waals surface area contributed by atoms with Crippen molar-refractivity contribution < 1.29 is 14.4 Å². The summed E-state index contributed by atoms with van der Waals surface area (Å²) in [4.78, 5) is 11.4. The third-order valence-electron chi connectivity index (χ3n) is 3.47. The quantitative estimate of drug-likeness (QED) is 0.628. The van der Waals surface area contributed by atoms with Crippen molar-refractivity contribution in [1.82, 2.24) is 0 Å². The second kappa shape index (κ2) is 3.51. The van der Waals surface area contributed by atoms with E-state index in [0.717, 1.165) is 6.42 Å². The Bertz CT molecular complexity index is 235. The van der Waals surface area contributed by atoms with E-state index < -0.39 is 6.09 Å². The Morgan fingerprint density at radius 2 is 2.14 bits per heavy atom. The van der Waals surface area contributed by atoms with Crippen LogP contribution in [0.25, 0.3) is 0 Å². The minimum atomic E-state index is -0.714. The number of carboxylic acid groups (broad SMARTS) is 1. The van der Waals surface area contributed by atoms with Gasteiger partial charge in [-0.3, -0.25) is 0 Å². The summed E-state index contributed by atoms with van der Waals surface area (Å²) >= 11 is 0. The molecule has 1 unspecified atom stereocenters. The van der Waals surface area contributed by atoms with Crippen LogP contribution in [0.4, 0.5) is 4.79 Å². The molecule has 82 valence electrons. The number of nitrogens with two attached hydrogens (primary N) is 1. The Kier molecular flexibility index (Phi) is 2.88. The van der Waals surface area contributed by atoms with Crippen molar-refractivity contribution in [2.45, 2.75) is 32.7 Å². The molecule has 1 heterocycles. The topological polar surface area (TPSA) is 63.3 Å². The van der Waals surface area contributed by atoms with Crippen molar-refractivity contribution in [3.8, 4) is 0 Å². The summed E-state index contributed by atoms with van der Waals surface area (Å²) in [6, 6.07) is 0. The zero-order valence-electron chi connectivity index (χ0n) is 9.29. The van der Waals surface area contributed by atoms with Gasteiger partial charge in [-0.2, -0.15) is 4.79 Å². The normalized spacial score (nSPS) is 33.3. The number of nitrogens with zero attached hydrogens (tertiary/aromatic N) is 1. The standard InChI is InChI=1S/C10H20N2O2/c1-10(2,3)12(9(13)14)5-4-8(6-11)7-12/h8H,4-7,11H2,1-3H3/p+1/t8-,12?/m0/s1. The molecule has 3 N–H and O–H groups in total. The molecule has 1 fully saturated rings. The molecule has 0 radical (unpaired) electrons. The van der Waals surface area contributed by atoms with E-state index in [1.54, 1.807) is 0 Å². The maximum Gasteiger partial charge on any atom is 0.513 e. The van der Waals surface area contributed by atoms with E-state index >= 15 is 0 Å². The molecule has 0 spiro atoms. The van der Waals surface area contributed by atoms with Crippen molar-refractivity contribution in [3.05, 3.63) is 0 Å². The monoisotopic (exact) mass is 201 g/mol. The Balaban J connectivity index is 2.92. The summed E-state index contributed by atoms with van der Waals surface area (Å²) in [5.41, 5.74) is 5.36. The summed E-state index contributed by atoms with van der Waals surface area (Å²) in [5.74, 6) is 0.366. The molecule has 1 rings (SSSR count). The van der Waals surface area contributed by atoms with Crippen LogP contribution in [0.1, 0.15) is 27.2 Å². The number of carbonyl (C=O) groups is 1. The van der Waals surface area contributed by atoms with Gasteiger partial charge in [0.2, 0.25) is 0 Å². The minimum absolute atomic E-state index is 0.162. The fourth-order valence-corrected chi connectivity index (χ4v) is 2.29. The fraction of sp³-hybridized carbons (Fsp3) is 0.900. The van der Waals surface area contributed by atoms with Crippen molar-refractivity contribution in [2.75, 3.05) is 19.6 Å². The molecule has 14 heavy (non-hydrogen) atoms. The summed E-state index contributed by atoms with van der Waals surface area (Å²) in [6.45, 7) is 7.94. The van der Waals surface area contributed by atoms with Gasteiger partial charge in [-0.15, -0.1) is 0 Å². The van der Waals surface area contributed by atoms with Crippen LogP contribution in [0.15, 0.2) is 0 Å². The van der Waals surface area contributed by atoms with Gasteiger partial charge >= 0.3 is 6.09 Å². The first kappa shape index (κ1) is 11.5. The summed E-state index contributed by atoms with van der Waals surface area (Å²) in [7, 11) is 0. The predicted octanol–water partition coefficient (Wildman–Crippen LogP) is 1.26. The lowest BCUT2D eigenvalue weighted by Crippen LogP contribution is -2.61. The number of likely N-dealkylation sites (tertiary alicyclic amines) is 1. The molecule has 2 atom stereocenters. The van der Waals surface area contributed by atoms with Gasteiger partial charge < -0.3 is 10.8 Å². The second-order valence-corrected chi connectivity index (χ2v) is 5.22. The average molecular weight is 201 g/mol. The molecule has 4 heteroatoms. The van der Waals surface area contributed by atoms with Gasteiger partial charge in [-0.05, 0) is 20.8 Å². The van der Waals surface area contributed by atoms with Crippen molar-refractivity contribution in [1.29, 1.82) is 0 Å². The fourth-order valence-electron chi connectivity index (χ4n) is 2.29. The molecule has 0 aromatic rings. The number of amides is 1. The van der Waals surface area contributed by atoms with E-state index in [1.165, 1.54) is 0 Å². The molecule has 1 aliphatic heterocycles. The SMILES string of the molecule is CC(C)(C)[N+]1(C(=O)O)CC[C@@H](CN)C1. The molecule has 4 nitrogen and oxygen atoms in total. The van der Waals surface area contributed by atoms with Crippen molar-refractivity contribution >= 4 is 6.09 Å². The number of rotatable bonds is 1. The lowest BCUT2D eigenvalue weighted by molar-refractivity contribution is -0.893. The largest absolute Gasteiger partial charge is 0.513 e. The van der Waals surface area contributed by atoms with Gasteiger partial charge in [0, 0.05) is 18.9 Å². The van der Waals surface area contributed by atoms with Crippen LogP contribution in [0.5, 0.6) is 0 Å².